The van der Waals surface area contributed by atoms with Crippen molar-refractivity contribution >= 4 is 47.6 Å². The lowest BCUT2D eigenvalue weighted by Gasteiger charge is -2.09. The van der Waals surface area contributed by atoms with E-state index in [4.69, 9.17) is 5.73 Å². The SMILES string of the molecule is NCCS(=O)(=O)Nc1cc(Br)ccc1Br. The minimum absolute atomic E-state index is 0.0913. The summed E-state index contributed by atoms with van der Waals surface area (Å²) in [6, 6.07) is 5.24. The highest BCUT2D eigenvalue weighted by atomic mass is 79.9. The molecule has 0 aromatic heterocycles. The van der Waals surface area contributed by atoms with Gasteiger partial charge in [-0.15, -0.1) is 0 Å². The zero-order valence-electron chi connectivity index (χ0n) is 7.70. The van der Waals surface area contributed by atoms with Crippen LogP contribution >= 0.6 is 31.9 Å². The van der Waals surface area contributed by atoms with Crippen LogP contribution in [0.25, 0.3) is 0 Å². The van der Waals surface area contributed by atoms with Crippen molar-refractivity contribution in [3.05, 3.63) is 27.1 Å². The van der Waals surface area contributed by atoms with Gasteiger partial charge in [-0.25, -0.2) is 8.42 Å². The molecule has 1 aromatic rings. The van der Waals surface area contributed by atoms with Crippen molar-refractivity contribution < 1.29 is 8.42 Å². The normalized spacial score (nSPS) is 11.4. The van der Waals surface area contributed by atoms with Crippen LogP contribution in [0.3, 0.4) is 0 Å². The Balaban J connectivity index is 2.94. The maximum absolute atomic E-state index is 11.4. The van der Waals surface area contributed by atoms with E-state index in [2.05, 4.69) is 36.6 Å². The fourth-order valence-corrected chi connectivity index (χ4v) is 2.70. The van der Waals surface area contributed by atoms with Gasteiger partial charge in [0, 0.05) is 15.5 Å². The lowest BCUT2D eigenvalue weighted by molar-refractivity contribution is 0.601. The van der Waals surface area contributed by atoms with Crippen LogP contribution in [0.2, 0.25) is 0 Å². The Kier molecular flexibility index (Phi) is 4.57. The molecule has 0 aliphatic carbocycles. The van der Waals surface area contributed by atoms with Gasteiger partial charge >= 0.3 is 0 Å². The summed E-state index contributed by atoms with van der Waals surface area (Å²) < 4.78 is 26.8. The second-order valence-corrected chi connectivity index (χ2v) is 6.45. The number of sulfonamides is 1. The van der Waals surface area contributed by atoms with E-state index in [1.807, 2.05) is 6.07 Å². The third-order valence-electron chi connectivity index (χ3n) is 1.58. The molecule has 0 unspecified atom stereocenters. The van der Waals surface area contributed by atoms with Crippen LogP contribution in [0.15, 0.2) is 27.1 Å². The van der Waals surface area contributed by atoms with E-state index < -0.39 is 10.0 Å². The molecule has 0 spiro atoms. The summed E-state index contributed by atoms with van der Waals surface area (Å²) in [5, 5.41) is 0. The molecule has 0 bridgehead atoms. The molecule has 7 heteroatoms. The third kappa shape index (κ3) is 4.10. The summed E-state index contributed by atoms with van der Waals surface area (Å²) in [6.45, 7) is 0.0982. The standard InChI is InChI=1S/C8H10Br2N2O2S/c9-6-1-2-7(10)8(5-6)12-15(13,14)4-3-11/h1-2,5,12H,3-4,11H2. The highest BCUT2D eigenvalue weighted by Crippen LogP contribution is 2.26. The highest BCUT2D eigenvalue weighted by molar-refractivity contribution is 9.11. The van der Waals surface area contributed by atoms with Gasteiger partial charge in [0.05, 0.1) is 11.4 Å². The van der Waals surface area contributed by atoms with Crippen molar-refractivity contribution in [2.24, 2.45) is 5.73 Å². The Morgan fingerprint density at radius 3 is 2.60 bits per heavy atom. The van der Waals surface area contributed by atoms with Gasteiger partial charge in [0.25, 0.3) is 0 Å². The van der Waals surface area contributed by atoms with Gasteiger partial charge in [0.1, 0.15) is 0 Å². The van der Waals surface area contributed by atoms with E-state index in [0.717, 1.165) is 4.47 Å². The molecule has 4 nitrogen and oxygen atoms in total. The van der Waals surface area contributed by atoms with Gasteiger partial charge in [-0.3, -0.25) is 4.72 Å². The summed E-state index contributed by atoms with van der Waals surface area (Å²) >= 11 is 6.52. The fourth-order valence-electron chi connectivity index (χ4n) is 0.949. The topological polar surface area (TPSA) is 72.2 Å². The molecule has 0 radical (unpaired) electrons. The van der Waals surface area contributed by atoms with Crippen molar-refractivity contribution in [3.63, 3.8) is 0 Å². The molecule has 3 N–H and O–H groups in total. The van der Waals surface area contributed by atoms with E-state index in [1.165, 1.54) is 0 Å². The second kappa shape index (κ2) is 5.29. The van der Waals surface area contributed by atoms with Gasteiger partial charge in [0.2, 0.25) is 10.0 Å². The van der Waals surface area contributed by atoms with Crippen LogP contribution in [0.5, 0.6) is 0 Å². The molecule has 1 aromatic carbocycles. The third-order valence-corrected chi connectivity index (χ3v) is 4.07. The first-order valence-corrected chi connectivity index (χ1v) is 7.34. The number of hydrogen-bond acceptors (Lipinski definition) is 3. The average molecular weight is 358 g/mol. The first kappa shape index (κ1) is 13.0. The molecule has 0 atom stereocenters. The predicted octanol–water partition coefficient (Wildman–Crippen LogP) is 1.91. The fraction of sp³-hybridized carbons (Fsp3) is 0.250. The molecule has 0 saturated carbocycles. The van der Waals surface area contributed by atoms with Crippen molar-refractivity contribution in [1.82, 2.24) is 0 Å². The first-order valence-electron chi connectivity index (χ1n) is 4.10. The van der Waals surface area contributed by atoms with E-state index in [1.54, 1.807) is 12.1 Å². The molecule has 0 aliphatic rings. The van der Waals surface area contributed by atoms with Crippen molar-refractivity contribution in [3.8, 4) is 0 Å². The summed E-state index contributed by atoms with van der Waals surface area (Å²) in [5.41, 5.74) is 5.69. The molecular formula is C8H10Br2N2O2S. The maximum atomic E-state index is 11.4. The number of nitrogens with two attached hydrogens (primary N) is 1. The summed E-state index contributed by atoms with van der Waals surface area (Å²) in [5.74, 6) is -0.0913. The lowest BCUT2D eigenvalue weighted by atomic mass is 10.3. The summed E-state index contributed by atoms with van der Waals surface area (Å²) in [7, 11) is -3.35. The number of rotatable bonds is 4. The maximum Gasteiger partial charge on any atom is 0.234 e. The quantitative estimate of drug-likeness (QED) is 0.864. The van der Waals surface area contributed by atoms with Crippen LogP contribution < -0.4 is 10.5 Å². The Morgan fingerprint density at radius 1 is 1.33 bits per heavy atom. The Morgan fingerprint density at radius 2 is 2.00 bits per heavy atom. The van der Waals surface area contributed by atoms with Gasteiger partial charge < -0.3 is 5.73 Å². The van der Waals surface area contributed by atoms with Crippen LogP contribution in [0.4, 0.5) is 5.69 Å². The highest BCUT2D eigenvalue weighted by Gasteiger charge is 2.11. The Bertz CT molecular complexity index is 448. The lowest BCUT2D eigenvalue weighted by Crippen LogP contribution is -2.22. The molecule has 0 heterocycles. The smallest absolute Gasteiger partial charge is 0.234 e. The van der Waals surface area contributed by atoms with Gasteiger partial charge in [-0.05, 0) is 34.1 Å². The number of anilines is 1. The first-order chi connectivity index (χ1) is 6.94. The van der Waals surface area contributed by atoms with Crippen molar-refractivity contribution in [2.75, 3.05) is 17.0 Å². The Labute approximate surface area is 106 Å². The van der Waals surface area contributed by atoms with Crippen LogP contribution in [-0.4, -0.2) is 20.7 Å². The minimum atomic E-state index is -3.35. The minimum Gasteiger partial charge on any atom is -0.329 e. The van der Waals surface area contributed by atoms with Gasteiger partial charge in [-0.1, -0.05) is 15.9 Å². The molecule has 15 heavy (non-hydrogen) atoms. The van der Waals surface area contributed by atoms with Crippen LogP contribution in [-0.2, 0) is 10.0 Å². The molecular weight excluding hydrogens is 348 g/mol. The largest absolute Gasteiger partial charge is 0.329 e. The zero-order chi connectivity index (χ0) is 11.5. The van der Waals surface area contributed by atoms with Crippen molar-refractivity contribution in [2.45, 2.75) is 0 Å². The summed E-state index contributed by atoms with van der Waals surface area (Å²) in [6.07, 6.45) is 0. The number of nitrogens with one attached hydrogen (secondary N) is 1. The molecule has 0 amide bonds. The molecule has 0 saturated heterocycles. The number of halogens is 2. The second-order valence-electron chi connectivity index (χ2n) is 2.83. The predicted molar refractivity (Wildman–Crippen MR) is 68.3 cm³/mol. The number of benzene rings is 1. The summed E-state index contributed by atoms with van der Waals surface area (Å²) in [4.78, 5) is 0. The molecule has 1 rings (SSSR count). The van der Waals surface area contributed by atoms with E-state index in [-0.39, 0.29) is 12.3 Å². The molecule has 0 fully saturated rings. The van der Waals surface area contributed by atoms with Crippen molar-refractivity contribution in [1.29, 1.82) is 0 Å². The Hall–Kier alpha value is -0.110. The van der Waals surface area contributed by atoms with Crippen LogP contribution in [0.1, 0.15) is 0 Å². The van der Waals surface area contributed by atoms with E-state index in [0.29, 0.717) is 10.2 Å². The zero-order valence-corrected chi connectivity index (χ0v) is 11.7. The van der Waals surface area contributed by atoms with Gasteiger partial charge in [-0.2, -0.15) is 0 Å². The molecule has 84 valence electrons. The van der Waals surface area contributed by atoms with E-state index >= 15 is 0 Å². The molecule has 0 aliphatic heterocycles. The average Bonchev–Trinajstić information content (AvgIpc) is 2.10. The monoisotopic (exact) mass is 356 g/mol. The van der Waals surface area contributed by atoms with Crippen LogP contribution in [0, 0.1) is 0 Å². The van der Waals surface area contributed by atoms with E-state index in [9.17, 15) is 8.42 Å². The van der Waals surface area contributed by atoms with Gasteiger partial charge in [0.15, 0.2) is 0 Å². The number of hydrogen-bond donors (Lipinski definition) is 2.